The lowest BCUT2D eigenvalue weighted by Gasteiger charge is -2.11. The second-order valence-corrected chi connectivity index (χ2v) is 8.37. The van der Waals surface area contributed by atoms with Gasteiger partial charge in [0.1, 0.15) is 5.82 Å². The van der Waals surface area contributed by atoms with Crippen molar-refractivity contribution in [3.63, 3.8) is 0 Å². The van der Waals surface area contributed by atoms with Crippen LogP contribution in [0.3, 0.4) is 0 Å². The topological polar surface area (TPSA) is 59.8 Å². The highest BCUT2D eigenvalue weighted by atomic mass is 79.9. The fourth-order valence-corrected chi connectivity index (χ4v) is 4.41. The Balaban J connectivity index is 1.53. The zero-order valence-corrected chi connectivity index (χ0v) is 18.7. The van der Waals surface area contributed by atoms with Crippen LogP contribution < -0.4 is 5.32 Å². The minimum absolute atomic E-state index is 0.00363. The average Bonchev–Trinajstić information content (AvgIpc) is 3.13. The van der Waals surface area contributed by atoms with E-state index >= 15 is 0 Å². The summed E-state index contributed by atoms with van der Waals surface area (Å²) in [5.41, 5.74) is 1.79. The van der Waals surface area contributed by atoms with Gasteiger partial charge in [-0.25, -0.2) is 9.07 Å². The van der Waals surface area contributed by atoms with Crippen molar-refractivity contribution < 1.29 is 9.18 Å². The van der Waals surface area contributed by atoms with E-state index in [1.54, 1.807) is 18.2 Å². The van der Waals surface area contributed by atoms with Crippen molar-refractivity contribution >= 4 is 39.3 Å². The number of aryl methyl sites for hydroxylation is 2. The quantitative estimate of drug-likeness (QED) is 0.349. The molecule has 0 fully saturated rings. The van der Waals surface area contributed by atoms with E-state index in [9.17, 15) is 9.18 Å². The number of benzene rings is 3. The Labute approximate surface area is 191 Å². The first kappa shape index (κ1) is 21.3. The molecule has 0 aliphatic heterocycles. The van der Waals surface area contributed by atoms with Crippen molar-refractivity contribution in [2.45, 2.75) is 23.0 Å². The number of hydrogen-bond acceptors (Lipinski definition) is 4. The zero-order valence-electron chi connectivity index (χ0n) is 16.3. The van der Waals surface area contributed by atoms with E-state index in [-0.39, 0.29) is 5.56 Å². The largest absolute Gasteiger partial charge is 0.321 e. The molecule has 0 aliphatic carbocycles. The molecule has 0 aliphatic rings. The molecule has 4 rings (SSSR count). The van der Waals surface area contributed by atoms with Crippen molar-refractivity contribution in [1.82, 2.24) is 14.8 Å². The molecule has 8 heteroatoms. The monoisotopic (exact) mass is 496 g/mol. The second kappa shape index (κ2) is 9.89. The first-order valence-corrected chi connectivity index (χ1v) is 11.2. The van der Waals surface area contributed by atoms with Gasteiger partial charge in [-0.1, -0.05) is 54.6 Å². The van der Waals surface area contributed by atoms with Gasteiger partial charge in [0.2, 0.25) is 4.73 Å². The van der Waals surface area contributed by atoms with Gasteiger partial charge in [0.25, 0.3) is 5.91 Å². The van der Waals surface area contributed by atoms with Crippen LogP contribution in [0.2, 0.25) is 0 Å². The number of hydrogen-bond donors (Lipinski definition) is 1. The van der Waals surface area contributed by atoms with Crippen LogP contribution in [0.5, 0.6) is 0 Å². The van der Waals surface area contributed by atoms with Crippen LogP contribution in [0.4, 0.5) is 10.1 Å². The van der Waals surface area contributed by atoms with Crippen molar-refractivity contribution in [3.05, 3.63) is 101 Å². The molecule has 0 bridgehead atoms. The molecule has 31 heavy (non-hydrogen) atoms. The summed E-state index contributed by atoms with van der Waals surface area (Å²) < 4.78 is 16.3. The molecule has 1 heterocycles. The van der Waals surface area contributed by atoms with Gasteiger partial charge in [-0.05, 0) is 63.9 Å². The summed E-state index contributed by atoms with van der Waals surface area (Å²) in [5, 5.41) is 7.93. The highest BCUT2D eigenvalue weighted by Gasteiger charge is 2.16. The molecule has 0 atom stereocenters. The van der Waals surface area contributed by atoms with Crippen molar-refractivity contribution in [2.75, 3.05) is 5.32 Å². The number of carbonyl (C=O) groups excluding carboxylic acids is 1. The van der Waals surface area contributed by atoms with Gasteiger partial charge in [-0.15, -0.1) is 5.10 Å². The maximum Gasteiger partial charge on any atom is 0.258 e. The summed E-state index contributed by atoms with van der Waals surface area (Å²) in [6, 6.07) is 23.4. The second-order valence-electron chi connectivity index (χ2n) is 6.65. The maximum absolute atomic E-state index is 14.0. The van der Waals surface area contributed by atoms with Gasteiger partial charge in [0.15, 0.2) is 5.16 Å². The third kappa shape index (κ3) is 5.39. The number of nitrogens with one attached hydrogen (secondary N) is 1. The normalized spacial score (nSPS) is 10.8. The summed E-state index contributed by atoms with van der Waals surface area (Å²) in [6.45, 7) is 0.661. The third-order valence-corrected chi connectivity index (χ3v) is 5.92. The van der Waals surface area contributed by atoms with Gasteiger partial charge in [-0.3, -0.25) is 4.79 Å². The Morgan fingerprint density at radius 3 is 2.52 bits per heavy atom. The Hall–Kier alpha value is -2.97. The number of aromatic nitrogens is 3. The molecule has 1 aromatic heterocycles. The predicted molar refractivity (Wildman–Crippen MR) is 123 cm³/mol. The van der Waals surface area contributed by atoms with E-state index in [1.807, 2.05) is 41.1 Å². The lowest BCUT2D eigenvalue weighted by molar-refractivity contribution is 0.102. The SMILES string of the molecule is O=C(Nc1ccccc1Sc1nc(Br)nn1CCc1ccccc1)c1ccccc1F. The van der Waals surface area contributed by atoms with Gasteiger partial charge in [0.05, 0.1) is 11.3 Å². The molecule has 0 radical (unpaired) electrons. The molecule has 156 valence electrons. The smallest absolute Gasteiger partial charge is 0.258 e. The van der Waals surface area contributed by atoms with Crippen LogP contribution >= 0.6 is 27.7 Å². The fraction of sp³-hybridized carbons (Fsp3) is 0.0870. The summed E-state index contributed by atoms with van der Waals surface area (Å²) in [4.78, 5) is 17.8. The number of carbonyl (C=O) groups is 1. The van der Waals surface area contributed by atoms with Crippen LogP contribution in [0.1, 0.15) is 15.9 Å². The molecule has 0 spiro atoms. The number of para-hydroxylation sites is 1. The van der Waals surface area contributed by atoms with E-state index in [0.29, 0.717) is 22.1 Å². The predicted octanol–water partition coefficient (Wildman–Crippen LogP) is 5.83. The summed E-state index contributed by atoms with van der Waals surface area (Å²) in [7, 11) is 0. The third-order valence-electron chi connectivity index (χ3n) is 4.52. The summed E-state index contributed by atoms with van der Waals surface area (Å²) >= 11 is 4.74. The van der Waals surface area contributed by atoms with E-state index in [4.69, 9.17) is 0 Å². The lowest BCUT2D eigenvalue weighted by atomic mass is 10.2. The molecule has 5 nitrogen and oxygen atoms in total. The summed E-state index contributed by atoms with van der Waals surface area (Å²) in [5.74, 6) is -1.06. The van der Waals surface area contributed by atoms with Crippen LogP contribution in [0.25, 0.3) is 0 Å². The first-order chi connectivity index (χ1) is 15.1. The van der Waals surface area contributed by atoms with Crippen LogP contribution in [0.15, 0.2) is 93.6 Å². The molecule has 0 unspecified atom stereocenters. The summed E-state index contributed by atoms with van der Waals surface area (Å²) in [6.07, 6.45) is 0.815. The van der Waals surface area contributed by atoms with Crippen LogP contribution in [0, 0.1) is 5.82 Å². The van der Waals surface area contributed by atoms with Crippen molar-refractivity contribution in [1.29, 1.82) is 0 Å². The van der Waals surface area contributed by atoms with E-state index < -0.39 is 11.7 Å². The standard InChI is InChI=1S/C23H18BrFN4OS/c24-22-27-23(29(28-22)15-14-16-8-2-1-3-9-16)31-20-13-7-6-12-19(20)26-21(30)17-10-4-5-11-18(17)25/h1-13H,14-15H2,(H,26,30). The maximum atomic E-state index is 14.0. The Kier molecular flexibility index (Phi) is 6.79. The number of nitrogens with zero attached hydrogens (tertiary/aromatic N) is 3. The minimum Gasteiger partial charge on any atom is -0.321 e. The number of rotatable bonds is 7. The van der Waals surface area contributed by atoms with Gasteiger partial charge >= 0.3 is 0 Å². The molecule has 1 N–H and O–H groups in total. The number of anilines is 1. The van der Waals surface area contributed by atoms with Gasteiger partial charge in [0, 0.05) is 11.4 Å². The highest BCUT2D eigenvalue weighted by Crippen LogP contribution is 2.33. The fourth-order valence-electron chi connectivity index (χ4n) is 2.99. The Bertz CT molecular complexity index is 1200. The lowest BCUT2D eigenvalue weighted by Crippen LogP contribution is -2.14. The molecule has 0 saturated heterocycles. The highest BCUT2D eigenvalue weighted by molar-refractivity contribution is 9.10. The molecule has 0 saturated carbocycles. The Morgan fingerprint density at radius 1 is 1.00 bits per heavy atom. The van der Waals surface area contributed by atoms with Crippen molar-refractivity contribution in [3.8, 4) is 0 Å². The molecular weight excluding hydrogens is 479 g/mol. The average molecular weight is 497 g/mol. The van der Waals surface area contributed by atoms with Gasteiger partial charge in [-0.2, -0.15) is 4.98 Å². The van der Waals surface area contributed by atoms with E-state index in [0.717, 1.165) is 11.3 Å². The molecule has 4 aromatic rings. The van der Waals surface area contributed by atoms with Crippen LogP contribution in [-0.2, 0) is 13.0 Å². The van der Waals surface area contributed by atoms with E-state index in [1.165, 1.54) is 29.5 Å². The van der Waals surface area contributed by atoms with Gasteiger partial charge < -0.3 is 5.32 Å². The number of halogens is 2. The molecule has 3 aromatic carbocycles. The number of amides is 1. The first-order valence-electron chi connectivity index (χ1n) is 9.57. The zero-order chi connectivity index (χ0) is 21.6. The Morgan fingerprint density at radius 2 is 1.71 bits per heavy atom. The van der Waals surface area contributed by atoms with Crippen LogP contribution in [-0.4, -0.2) is 20.7 Å². The molecule has 1 amide bonds. The van der Waals surface area contributed by atoms with Crippen molar-refractivity contribution in [2.24, 2.45) is 0 Å². The molecular formula is C23H18BrFN4OS. The minimum atomic E-state index is -0.560. The van der Waals surface area contributed by atoms with E-state index in [2.05, 4.69) is 43.5 Å².